The molecule has 0 radical (unpaired) electrons. The smallest absolute Gasteiger partial charge is 0.243 e. The van der Waals surface area contributed by atoms with Gasteiger partial charge in [0, 0.05) is 25.2 Å². The fraction of sp³-hybridized carbons (Fsp3) is 0.562. The Morgan fingerprint density at radius 1 is 1.30 bits per heavy atom. The molecular formula is C16H20ClN3O2S. The van der Waals surface area contributed by atoms with Gasteiger partial charge in [-0.05, 0) is 44.5 Å². The van der Waals surface area contributed by atoms with Gasteiger partial charge in [0.05, 0.1) is 15.5 Å². The van der Waals surface area contributed by atoms with Gasteiger partial charge in [-0.2, -0.15) is 9.57 Å². The second-order valence-corrected chi connectivity index (χ2v) is 8.62. The van der Waals surface area contributed by atoms with Crippen molar-refractivity contribution in [1.82, 2.24) is 9.21 Å². The second-order valence-electron chi connectivity index (χ2n) is 6.32. The Bertz CT molecular complexity index is 744. The highest BCUT2D eigenvalue weighted by Gasteiger charge is 2.39. The van der Waals surface area contributed by atoms with E-state index in [1.807, 2.05) is 13.0 Å². The molecule has 0 bridgehead atoms. The van der Waals surface area contributed by atoms with E-state index in [0.29, 0.717) is 12.6 Å². The SMILES string of the molecule is C[C@H]1CN2CCCC[C@H]2CN1S(=O)(=O)c1ccc(C#N)c(Cl)c1. The standard InChI is InChI=1S/C16H20ClN3O2S/c1-12-10-19-7-3-2-4-14(19)11-20(12)23(21,22)15-6-5-13(9-18)16(17)8-15/h5-6,8,12,14H,2-4,7,10-11H2,1H3/t12-,14-/m0/s1. The predicted octanol–water partition coefficient (Wildman–Crippen LogP) is 2.46. The van der Waals surface area contributed by atoms with E-state index in [0.717, 1.165) is 25.9 Å². The summed E-state index contributed by atoms with van der Waals surface area (Å²) in [6, 6.07) is 6.52. The van der Waals surface area contributed by atoms with Crippen molar-refractivity contribution in [2.75, 3.05) is 19.6 Å². The lowest BCUT2D eigenvalue weighted by atomic mass is 9.99. The molecule has 5 nitrogen and oxygen atoms in total. The zero-order valence-corrected chi connectivity index (χ0v) is 14.6. The third-order valence-corrected chi connectivity index (χ3v) is 7.09. The number of nitrogens with zero attached hydrogens (tertiary/aromatic N) is 3. The highest BCUT2D eigenvalue weighted by atomic mass is 35.5. The van der Waals surface area contributed by atoms with Crippen molar-refractivity contribution in [3.05, 3.63) is 28.8 Å². The van der Waals surface area contributed by atoms with Gasteiger partial charge in [0.2, 0.25) is 10.0 Å². The van der Waals surface area contributed by atoms with Gasteiger partial charge in [-0.15, -0.1) is 0 Å². The molecule has 0 aromatic heterocycles. The van der Waals surface area contributed by atoms with Crippen molar-refractivity contribution in [1.29, 1.82) is 5.26 Å². The first-order valence-corrected chi connectivity index (χ1v) is 9.71. The fourth-order valence-electron chi connectivity index (χ4n) is 3.54. The van der Waals surface area contributed by atoms with Gasteiger partial charge in [0.25, 0.3) is 0 Å². The van der Waals surface area contributed by atoms with Crippen LogP contribution in [0.15, 0.2) is 23.1 Å². The van der Waals surface area contributed by atoms with E-state index in [4.69, 9.17) is 16.9 Å². The second kappa shape index (κ2) is 6.40. The van der Waals surface area contributed by atoms with E-state index < -0.39 is 10.0 Å². The van der Waals surface area contributed by atoms with Crippen molar-refractivity contribution in [3.63, 3.8) is 0 Å². The molecule has 0 amide bonds. The lowest BCUT2D eigenvalue weighted by Crippen LogP contribution is -2.59. The molecule has 0 unspecified atom stereocenters. The summed E-state index contributed by atoms with van der Waals surface area (Å²) < 4.78 is 27.6. The summed E-state index contributed by atoms with van der Waals surface area (Å²) in [7, 11) is -3.60. The Labute approximate surface area is 142 Å². The van der Waals surface area contributed by atoms with Crippen LogP contribution in [-0.2, 0) is 10.0 Å². The first-order valence-electron chi connectivity index (χ1n) is 7.89. The van der Waals surface area contributed by atoms with Crippen LogP contribution in [0.4, 0.5) is 0 Å². The highest BCUT2D eigenvalue weighted by Crippen LogP contribution is 2.30. The van der Waals surface area contributed by atoms with Crippen LogP contribution in [-0.4, -0.2) is 49.3 Å². The molecule has 3 rings (SSSR count). The van der Waals surface area contributed by atoms with Gasteiger partial charge < -0.3 is 0 Å². The molecule has 1 aromatic carbocycles. The van der Waals surface area contributed by atoms with E-state index in [1.54, 1.807) is 4.31 Å². The number of rotatable bonds is 2. The summed E-state index contributed by atoms with van der Waals surface area (Å²) in [5.74, 6) is 0. The summed E-state index contributed by atoms with van der Waals surface area (Å²) in [6.07, 6.45) is 3.40. The number of hydrogen-bond donors (Lipinski definition) is 0. The monoisotopic (exact) mass is 353 g/mol. The highest BCUT2D eigenvalue weighted by molar-refractivity contribution is 7.89. The van der Waals surface area contributed by atoms with Gasteiger partial charge in [0.15, 0.2) is 0 Å². The van der Waals surface area contributed by atoms with Crippen LogP contribution in [0, 0.1) is 11.3 Å². The number of piperazine rings is 1. The maximum absolute atomic E-state index is 13.0. The number of benzene rings is 1. The van der Waals surface area contributed by atoms with E-state index in [9.17, 15) is 8.42 Å². The largest absolute Gasteiger partial charge is 0.297 e. The van der Waals surface area contributed by atoms with E-state index in [2.05, 4.69) is 4.90 Å². The number of fused-ring (bicyclic) bond motifs is 1. The summed E-state index contributed by atoms with van der Waals surface area (Å²) in [6.45, 7) is 4.31. The number of nitriles is 1. The molecule has 0 N–H and O–H groups in total. The number of piperidine rings is 1. The molecule has 1 aromatic rings. The van der Waals surface area contributed by atoms with E-state index >= 15 is 0 Å². The molecule has 7 heteroatoms. The third-order valence-electron chi connectivity index (χ3n) is 4.80. The predicted molar refractivity (Wildman–Crippen MR) is 88.7 cm³/mol. The quantitative estimate of drug-likeness (QED) is 0.819. The van der Waals surface area contributed by atoms with Crippen molar-refractivity contribution in [2.24, 2.45) is 0 Å². The zero-order chi connectivity index (χ0) is 16.6. The Morgan fingerprint density at radius 3 is 2.78 bits per heavy atom. The molecule has 2 aliphatic rings. The molecule has 2 aliphatic heterocycles. The van der Waals surface area contributed by atoms with Crippen LogP contribution in [0.2, 0.25) is 5.02 Å². The summed E-state index contributed by atoms with van der Waals surface area (Å²) in [4.78, 5) is 2.57. The molecule has 2 fully saturated rings. The summed E-state index contributed by atoms with van der Waals surface area (Å²) in [5, 5.41) is 9.11. The molecule has 2 atom stereocenters. The molecule has 2 saturated heterocycles. The molecular weight excluding hydrogens is 334 g/mol. The fourth-order valence-corrected chi connectivity index (χ4v) is 5.52. The topological polar surface area (TPSA) is 64.4 Å². The van der Waals surface area contributed by atoms with Crippen molar-refractivity contribution < 1.29 is 8.42 Å². The Hall–Kier alpha value is -1.13. The van der Waals surface area contributed by atoms with Crippen molar-refractivity contribution in [2.45, 2.75) is 43.2 Å². The van der Waals surface area contributed by atoms with Gasteiger partial charge in [-0.25, -0.2) is 8.42 Å². The lowest BCUT2D eigenvalue weighted by molar-refractivity contribution is 0.0564. The minimum atomic E-state index is -3.60. The van der Waals surface area contributed by atoms with E-state index in [1.165, 1.54) is 24.6 Å². The molecule has 0 saturated carbocycles. The zero-order valence-electron chi connectivity index (χ0n) is 13.1. The van der Waals surface area contributed by atoms with Gasteiger partial charge in [0.1, 0.15) is 6.07 Å². The first-order chi connectivity index (χ1) is 10.9. The van der Waals surface area contributed by atoms with Crippen molar-refractivity contribution >= 4 is 21.6 Å². The Kier molecular flexibility index (Phi) is 4.65. The minimum absolute atomic E-state index is 0.0660. The average Bonchev–Trinajstić information content (AvgIpc) is 2.54. The Balaban J connectivity index is 1.90. The van der Waals surface area contributed by atoms with E-state index in [-0.39, 0.29) is 21.5 Å². The molecule has 2 heterocycles. The molecule has 0 aliphatic carbocycles. The first kappa shape index (κ1) is 16.7. The lowest BCUT2D eigenvalue weighted by Gasteiger charge is -2.46. The van der Waals surface area contributed by atoms with Crippen LogP contribution >= 0.6 is 11.6 Å². The van der Waals surface area contributed by atoms with Crippen molar-refractivity contribution in [3.8, 4) is 6.07 Å². The van der Waals surface area contributed by atoms with Crippen LogP contribution in [0.25, 0.3) is 0 Å². The van der Waals surface area contributed by atoms with Crippen LogP contribution in [0.5, 0.6) is 0 Å². The van der Waals surface area contributed by atoms with Crippen LogP contribution < -0.4 is 0 Å². The number of sulfonamides is 1. The minimum Gasteiger partial charge on any atom is -0.297 e. The van der Waals surface area contributed by atoms with Crippen LogP contribution in [0.3, 0.4) is 0 Å². The van der Waals surface area contributed by atoms with Gasteiger partial charge in [-0.3, -0.25) is 4.90 Å². The van der Waals surface area contributed by atoms with Gasteiger partial charge >= 0.3 is 0 Å². The summed E-state index contributed by atoms with van der Waals surface area (Å²) >= 11 is 6.01. The third kappa shape index (κ3) is 3.11. The average molecular weight is 354 g/mol. The molecule has 0 spiro atoms. The maximum atomic E-state index is 13.0. The van der Waals surface area contributed by atoms with Crippen LogP contribution in [0.1, 0.15) is 31.7 Å². The maximum Gasteiger partial charge on any atom is 0.243 e. The Morgan fingerprint density at radius 2 is 2.09 bits per heavy atom. The number of halogens is 1. The molecule has 23 heavy (non-hydrogen) atoms. The molecule has 124 valence electrons. The summed E-state index contributed by atoms with van der Waals surface area (Å²) in [5.41, 5.74) is 0.288. The van der Waals surface area contributed by atoms with Gasteiger partial charge in [-0.1, -0.05) is 18.0 Å². The normalized spacial score (nSPS) is 26.5. The number of hydrogen-bond acceptors (Lipinski definition) is 4.